The molecule has 21 heavy (non-hydrogen) atoms. The van der Waals surface area contributed by atoms with E-state index in [0.717, 1.165) is 29.6 Å². The minimum Gasteiger partial charge on any atom is -0.343 e. The second-order valence-electron chi connectivity index (χ2n) is 5.15. The lowest BCUT2D eigenvalue weighted by molar-refractivity contribution is 0.0746. The van der Waals surface area contributed by atoms with E-state index < -0.39 is 0 Å². The summed E-state index contributed by atoms with van der Waals surface area (Å²) in [7, 11) is 0. The number of amides is 1. The average molecular weight is 303 g/mol. The molecular weight excluding hydrogens is 286 g/mol. The Balaban J connectivity index is 1.64. The molecule has 1 aliphatic heterocycles. The summed E-state index contributed by atoms with van der Waals surface area (Å²) in [4.78, 5) is 25.0. The summed E-state index contributed by atoms with van der Waals surface area (Å²) in [5, 5.41) is 0.942. The number of rotatable bonds is 2. The topological polar surface area (TPSA) is 62.2 Å². The molecule has 0 N–H and O–H groups in total. The minimum absolute atomic E-state index is 0.0549. The summed E-state index contributed by atoms with van der Waals surface area (Å²) in [6, 6.07) is 1.88. The van der Waals surface area contributed by atoms with Gasteiger partial charge in [-0.15, -0.1) is 0 Å². The standard InChI is InChI=1S/C14H17N5OS/c1-10-7-12(9-15-8-10)13(20)18-3-5-19(6-4-18)14-16-11(2)17-21-14/h7-9H,3-6H2,1-2H3. The Morgan fingerprint density at radius 1 is 1.19 bits per heavy atom. The maximum absolute atomic E-state index is 12.4. The van der Waals surface area contributed by atoms with Gasteiger partial charge in [-0.2, -0.15) is 4.37 Å². The Bertz CT molecular complexity index is 648. The predicted molar refractivity (Wildman–Crippen MR) is 81.7 cm³/mol. The smallest absolute Gasteiger partial charge is 0.255 e. The Morgan fingerprint density at radius 2 is 1.95 bits per heavy atom. The maximum atomic E-state index is 12.4. The molecule has 0 aliphatic carbocycles. The van der Waals surface area contributed by atoms with E-state index in [0.29, 0.717) is 18.7 Å². The van der Waals surface area contributed by atoms with E-state index in [-0.39, 0.29) is 5.91 Å². The van der Waals surface area contributed by atoms with E-state index >= 15 is 0 Å². The maximum Gasteiger partial charge on any atom is 0.255 e. The largest absolute Gasteiger partial charge is 0.343 e. The molecule has 1 fully saturated rings. The van der Waals surface area contributed by atoms with Gasteiger partial charge in [-0.05, 0) is 25.5 Å². The van der Waals surface area contributed by atoms with E-state index in [1.807, 2.05) is 24.8 Å². The van der Waals surface area contributed by atoms with Gasteiger partial charge in [0.05, 0.1) is 5.56 Å². The van der Waals surface area contributed by atoms with Crippen LogP contribution in [0.3, 0.4) is 0 Å². The number of aryl methyl sites for hydroxylation is 2. The Labute approximate surface area is 127 Å². The van der Waals surface area contributed by atoms with Gasteiger partial charge in [0.25, 0.3) is 5.91 Å². The fourth-order valence-corrected chi connectivity index (χ4v) is 3.10. The van der Waals surface area contributed by atoms with Gasteiger partial charge < -0.3 is 9.80 Å². The molecule has 6 nitrogen and oxygen atoms in total. The molecule has 0 atom stereocenters. The number of anilines is 1. The number of aromatic nitrogens is 3. The molecule has 2 aromatic rings. The first-order chi connectivity index (χ1) is 10.1. The fourth-order valence-electron chi connectivity index (χ4n) is 2.37. The first kappa shape index (κ1) is 13.9. The molecule has 0 unspecified atom stereocenters. The second-order valence-corrected chi connectivity index (χ2v) is 5.88. The molecule has 110 valence electrons. The highest BCUT2D eigenvalue weighted by Crippen LogP contribution is 2.19. The lowest BCUT2D eigenvalue weighted by Crippen LogP contribution is -2.48. The third kappa shape index (κ3) is 3.02. The van der Waals surface area contributed by atoms with Crippen LogP contribution in [-0.4, -0.2) is 51.3 Å². The summed E-state index contributed by atoms with van der Waals surface area (Å²) in [5.41, 5.74) is 1.67. The molecule has 7 heteroatoms. The van der Waals surface area contributed by atoms with E-state index in [1.165, 1.54) is 11.5 Å². The molecule has 2 aromatic heterocycles. The van der Waals surface area contributed by atoms with E-state index in [9.17, 15) is 4.79 Å². The normalized spacial score (nSPS) is 15.3. The van der Waals surface area contributed by atoms with Crippen molar-refractivity contribution in [3.8, 4) is 0 Å². The van der Waals surface area contributed by atoms with Crippen molar-refractivity contribution in [1.82, 2.24) is 19.2 Å². The van der Waals surface area contributed by atoms with Crippen molar-refractivity contribution >= 4 is 22.6 Å². The molecule has 0 saturated carbocycles. The number of pyridine rings is 1. The van der Waals surface area contributed by atoms with Gasteiger partial charge in [0, 0.05) is 50.1 Å². The fraction of sp³-hybridized carbons (Fsp3) is 0.429. The minimum atomic E-state index is 0.0549. The number of carbonyl (C=O) groups is 1. The first-order valence-corrected chi connectivity index (χ1v) is 7.67. The molecule has 0 aromatic carbocycles. The van der Waals surface area contributed by atoms with Crippen molar-refractivity contribution < 1.29 is 4.79 Å². The lowest BCUT2D eigenvalue weighted by Gasteiger charge is -2.34. The van der Waals surface area contributed by atoms with Gasteiger partial charge in [-0.3, -0.25) is 9.78 Å². The van der Waals surface area contributed by atoms with Crippen LogP contribution in [0.1, 0.15) is 21.7 Å². The van der Waals surface area contributed by atoms with Crippen LogP contribution in [0.25, 0.3) is 0 Å². The molecule has 3 heterocycles. The van der Waals surface area contributed by atoms with Crippen LogP contribution in [0.15, 0.2) is 18.5 Å². The van der Waals surface area contributed by atoms with Gasteiger partial charge in [-0.1, -0.05) is 0 Å². The third-order valence-corrected chi connectivity index (χ3v) is 4.34. The zero-order valence-corrected chi connectivity index (χ0v) is 12.9. The van der Waals surface area contributed by atoms with Crippen molar-refractivity contribution in [2.45, 2.75) is 13.8 Å². The summed E-state index contributed by atoms with van der Waals surface area (Å²) in [6.07, 6.45) is 3.39. The predicted octanol–water partition coefficient (Wildman–Crippen LogP) is 1.51. The van der Waals surface area contributed by atoms with Crippen LogP contribution >= 0.6 is 11.5 Å². The van der Waals surface area contributed by atoms with E-state index in [2.05, 4.69) is 19.2 Å². The van der Waals surface area contributed by atoms with Crippen LogP contribution in [0, 0.1) is 13.8 Å². The van der Waals surface area contributed by atoms with Crippen molar-refractivity contribution in [1.29, 1.82) is 0 Å². The number of carbonyl (C=O) groups excluding carboxylic acids is 1. The van der Waals surface area contributed by atoms with Gasteiger partial charge in [0.1, 0.15) is 5.82 Å². The Morgan fingerprint density at radius 3 is 2.57 bits per heavy atom. The Kier molecular flexibility index (Phi) is 3.83. The van der Waals surface area contributed by atoms with Crippen LogP contribution in [0.2, 0.25) is 0 Å². The number of piperazine rings is 1. The third-order valence-electron chi connectivity index (χ3n) is 3.48. The summed E-state index contributed by atoms with van der Waals surface area (Å²) in [5.74, 6) is 0.860. The molecular formula is C14H17N5OS. The quantitative estimate of drug-likeness (QED) is 0.841. The number of hydrogen-bond donors (Lipinski definition) is 0. The molecule has 0 bridgehead atoms. The summed E-state index contributed by atoms with van der Waals surface area (Å²) in [6.45, 7) is 6.82. The highest BCUT2D eigenvalue weighted by Gasteiger charge is 2.24. The van der Waals surface area contributed by atoms with E-state index in [4.69, 9.17) is 0 Å². The summed E-state index contributed by atoms with van der Waals surface area (Å²) < 4.78 is 4.20. The molecule has 0 radical (unpaired) electrons. The van der Waals surface area contributed by atoms with Crippen LogP contribution in [0.4, 0.5) is 5.13 Å². The van der Waals surface area contributed by atoms with Crippen LogP contribution in [0.5, 0.6) is 0 Å². The first-order valence-electron chi connectivity index (χ1n) is 6.89. The molecule has 1 amide bonds. The average Bonchev–Trinajstić information content (AvgIpc) is 2.93. The number of nitrogens with zero attached hydrogens (tertiary/aromatic N) is 5. The van der Waals surface area contributed by atoms with Gasteiger partial charge in [0.15, 0.2) is 0 Å². The molecule has 1 saturated heterocycles. The van der Waals surface area contributed by atoms with E-state index in [1.54, 1.807) is 12.4 Å². The monoisotopic (exact) mass is 303 g/mol. The molecule has 0 spiro atoms. The zero-order chi connectivity index (χ0) is 14.8. The highest BCUT2D eigenvalue weighted by molar-refractivity contribution is 7.09. The van der Waals surface area contributed by atoms with Gasteiger partial charge in [0.2, 0.25) is 5.13 Å². The van der Waals surface area contributed by atoms with Crippen LogP contribution < -0.4 is 4.90 Å². The van der Waals surface area contributed by atoms with Crippen molar-refractivity contribution in [3.05, 3.63) is 35.4 Å². The zero-order valence-electron chi connectivity index (χ0n) is 12.1. The highest BCUT2D eigenvalue weighted by atomic mass is 32.1. The number of hydrogen-bond acceptors (Lipinski definition) is 6. The summed E-state index contributed by atoms with van der Waals surface area (Å²) >= 11 is 1.42. The van der Waals surface area contributed by atoms with Gasteiger partial charge in [-0.25, -0.2) is 4.98 Å². The lowest BCUT2D eigenvalue weighted by atomic mass is 10.2. The second kappa shape index (κ2) is 5.77. The van der Waals surface area contributed by atoms with Crippen molar-refractivity contribution in [2.24, 2.45) is 0 Å². The van der Waals surface area contributed by atoms with Crippen LogP contribution in [-0.2, 0) is 0 Å². The van der Waals surface area contributed by atoms with Crippen molar-refractivity contribution in [3.63, 3.8) is 0 Å². The van der Waals surface area contributed by atoms with Gasteiger partial charge >= 0.3 is 0 Å². The molecule has 3 rings (SSSR count). The molecule has 1 aliphatic rings. The Hall–Kier alpha value is -2.02. The SMILES string of the molecule is Cc1cncc(C(=O)N2CCN(c3nc(C)ns3)CC2)c1. The van der Waals surface area contributed by atoms with Crippen molar-refractivity contribution in [2.75, 3.05) is 31.1 Å².